The average molecular weight is 1600 g/mol. The monoisotopic (exact) mass is 1600 g/mol. The van der Waals surface area contributed by atoms with Crippen LogP contribution in [0.25, 0.3) is 123 Å². The molecule has 3 aliphatic rings. The van der Waals surface area contributed by atoms with Gasteiger partial charge in [0.25, 0.3) is 0 Å². The van der Waals surface area contributed by atoms with Crippen molar-refractivity contribution in [1.29, 1.82) is 0 Å². The van der Waals surface area contributed by atoms with Crippen molar-refractivity contribution in [2.45, 2.75) is 327 Å². The third-order valence-corrected chi connectivity index (χ3v) is 28.7. The van der Waals surface area contributed by atoms with Gasteiger partial charge in [0.15, 0.2) is 0 Å². The van der Waals surface area contributed by atoms with Gasteiger partial charge < -0.3 is 9.97 Å². The van der Waals surface area contributed by atoms with Gasteiger partial charge in [-0.15, -0.1) is 0 Å². The lowest BCUT2D eigenvalue weighted by Crippen LogP contribution is -2.26. The molecule has 15 rings (SSSR count). The third kappa shape index (κ3) is 19.5. The summed E-state index contributed by atoms with van der Waals surface area (Å²) in [6, 6.07) is 89.9. The van der Waals surface area contributed by atoms with Gasteiger partial charge in [0.2, 0.25) is 0 Å². The molecule has 121 heavy (non-hydrogen) atoms. The molecule has 0 saturated heterocycles. The van der Waals surface area contributed by atoms with Gasteiger partial charge in [-0.25, -0.2) is 9.97 Å². The summed E-state index contributed by atoms with van der Waals surface area (Å²) in [5, 5.41) is 0. The van der Waals surface area contributed by atoms with Crippen LogP contribution in [0.1, 0.15) is 345 Å². The minimum absolute atomic E-state index is 0.128. The first kappa shape index (κ1) is 86.6. The third-order valence-electron chi connectivity index (χ3n) is 28.7. The number of nitrogens with one attached hydrogen (secondary N) is 2. The van der Waals surface area contributed by atoms with Gasteiger partial charge in [-0.2, -0.15) is 0 Å². The van der Waals surface area contributed by atoms with Crippen LogP contribution in [0.2, 0.25) is 0 Å². The Balaban J connectivity index is 0.846. The van der Waals surface area contributed by atoms with Gasteiger partial charge in [-0.3, -0.25) is 0 Å². The zero-order valence-electron chi connectivity index (χ0n) is 75.0. The summed E-state index contributed by atoms with van der Waals surface area (Å²) in [6.45, 7) is 14.2. The van der Waals surface area contributed by atoms with E-state index in [1.807, 2.05) is 0 Å². The van der Waals surface area contributed by atoms with Crippen LogP contribution in [-0.4, -0.2) is 19.9 Å². The summed E-state index contributed by atoms with van der Waals surface area (Å²) in [4.78, 5) is 19.1. The van der Waals surface area contributed by atoms with Gasteiger partial charge in [0, 0.05) is 49.6 Å². The maximum atomic E-state index is 5.58. The van der Waals surface area contributed by atoms with Gasteiger partial charge in [0.05, 0.1) is 22.8 Å². The lowest BCUT2D eigenvalue weighted by atomic mass is 9.69. The van der Waals surface area contributed by atoms with Crippen LogP contribution < -0.4 is 0 Å². The zero-order valence-corrected chi connectivity index (χ0v) is 75.0. The molecule has 2 N–H and O–H groups in total. The van der Waals surface area contributed by atoms with E-state index in [9.17, 15) is 0 Å². The second-order valence-corrected chi connectivity index (χ2v) is 37.0. The fourth-order valence-corrected chi connectivity index (χ4v) is 22.0. The molecule has 12 aromatic rings. The van der Waals surface area contributed by atoms with Crippen molar-refractivity contribution in [3.05, 3.63) is 264 Å². The fourth-order valence-electron chi connectivity index (χ4n) is 22.0. The van der Waals surface area contributed by atoms with Crippen molar-refractivity contribution < 1.29 is 0 Å². The van der Waals surface area contributed by atoms with Crippen molar-refractivity contribution in [1.82, 2.24) is 19.9 Å². The van der Waals surface area contributed by atoms with E-state index in [0.717, 1.165) is 82.4 Å². The van der Waals surface area contributed by atoms with Crippen molar-refractivity contribution >= 4 is 0 Å². The van der Waals surface area contributed by atoms with Crippen LogP contribution in [0.5, 0.6) is 0 Å². The summed E-state index contributed by atoms with van der Waals surface area (Å²) in [7, 11) is 0. The lowest BCUT2D eigenvalue weighted by molar-refractivity contribution is 0.397. The summed E-state index contributed by atoms with van der Waals surface area (Å²) >= 11 is 0. The van der Waals surface area contributed by atoms with Gasteiger partial charge in [-0.05, 0) is 164 Å². The van der Waals surface area contributed by atoms with Crippen LogP contribution in [0.3, 0.4) is 0 Å². The molecular weight excluding hydrogens is 1460 g/mol. The fraction of sp³-hybridized carbons (Fsp3) is 0.436. The Labute approximate surface area is 730 Å². The van der Waals surface area contributed by atoms with Crippen LogP contribution in [0.15, 0.2) is 231 Å². The standard InChI is InChI=1S/C117H142N4/c1-7-13-19-25-31-49-75-115(76-50-32-26-20-14-8-2)103-81-91(93-65-71-99-101-73-67-95(113-118-109(87-55-41-37-42-56-87)110(119-113)88-57-43-38-44-58-88)85-107(101)116(105(99)83-93,77-51-33-27-21-15-9-3)78-52-34-28-22-16-10-4)63-69-97(103)98-70-64-92(82-104(98)115)94-66-72-100-102-74-68-96(114-120-111(89-59-45-39-46-60-89)112(121-114)90-61-47-40-48-62-90)86-108(102)117(106(100)84-94,79-53-35-29-23-17-11-5)80-54-36-30-24-18-12-6/h37-48,55-74,81-86H,7-36,49-54,75-80H2,1-6H3,(H,118,119)(H,120,121). The largest absolute Gasteiger partial charge is 0.337 e. The molecule has 10 aromatic carbocycles. The number of benzene rings is 10. The molecule has 0 unspecified atom stereocenters. The molecule has 0 aliphatic heterocycles. The van der Waals surface area contributed by atoms with E-state index in [-0.39, 0.29) is 16.2 Å². The summed E-state index contributed by atoms with van der Waals surface area (Å²) in [6.07, 6.45) is 53.3. The highest BCUT2D eigenvalue weighted by molar-refractivity contribution is 5.92. The Morgan fingerprint density at radius 1 is 0.190 bits per heavy atom. The van der Waals surface area contributed by atoms with Crippen molar-refractivity contribution in [2.75, 3.05) is 0 Å². The minimum Gasteiger partial charge on any atom is -0.337 e. The number of aromatic nitrogens is 4. The molecule has 0 radical (unpaired) electrons. The van der Waals surface area contributed by atoms with E-state index in [1.54, 1.807) is 22.3 Å². The number of hydrogen-bond donors (Lipinski definition) is 2. The van der Waals surface area contributed by atoms with Crippen LogP contribution in [0.4, 0.5) is 0 Å². The molecule has 2 aromatic heterocycles. The molecule has 0 saturated carbocycles. The summed E-state index contributed by atoms with van der Waals surface area (Å²) < 4.78 is 0. The highest BCUT2D eigenvalue weighted by Crippen LogP contribution is 2.61. The Morgan fingerprint density at radius 2 is 0.380 bits per heavy atom. The molecular formula is C117H142N4. The Bertz CT molecular complexity index is 4770. The quantitative estimate of drug-likeness (QED) is 0.0373. The number of fused-ring (bicyclic) bond motifs is 9. The second kappa shape index (κ2) is 42.6. The molecule has 4 nitrogen and oxygen atoms in total. The number of unbranched alkanes of at least 4 members (excludes halogenated alkanes) is 30. The minimum atomic E-state index is -0.141. The molecule has 630 valence electrons. The Hall–Kier alpha value is -9.38. The van der Waals surface area contributed by atoms with Crippen molar-refractivity contribution in [3.8, 4) is 123 Å². The summed E-state index contributed by atoms with van der Waals surface area (Å²) in [5.74, 6) is 1.88. The SMILES string of the molecule is CCCCCCCCC1(CCCCCCCC)c2cc(-c3ccc4c(c3)C(CCCCCCCC)(CCCCCCCC)c3cc(-c5nc(-c6ccccc6)c(-c6ccccc6)[nH]5)ccc3-4)ccc2-c2ccc(-c3ccc4c(c3)C(CCCCCCCC)(CCCCCCCC)c3cc(-c5nc(-c6ccccc6)c(-c6ccccc6)[nH]5)ccc3-4)cc21. The number of aromatic amines is 2. The first-order valence-electron chi connectivity index (χ1n) is 49.1. The number of rotatable bonds is 50. The first-order chi connectivity index (χ1) is 59.8. The maximum absolute atomic E-state index is 5.58. The molecule has 0 amide bonds. The van der Waals surface area contributed by atoms with E-state index in [1.165, 1.54) is 322 Å². The van der Waals surface area contributed by atoms with E-state index in [0.29, 0.717) is 0 Å². The zero-order chi connectivity index (χ0) is 83.1. The normalized spacial score (nSPS) is 13.6. The average Bonchev–Trinajstić information content (AvgIpc) is 1.55. The first-order valence-corrected chi connectivity index (χ1v) is 49.1. The smallest absolute Gasteiger partial charge is 0.138 e. The van der Waals surface area contributed by atoms with Gasteiger partial charge in [-0.1, -0.05) is 467 Å². The Kier molecular flexibility index (Phi) is 30.5. The second-order valence-electron chi connectivity index (χ2n) is 37.0. The number of nitrogens with zero attached hydrogens (tertiary/aromatic N) is 2. The predicted molar refractivity (Wildman–Crippen MR) is 521 cm³/mol. The highest BCUT2D eigenvalue weighted by atomic mass is 14.9. The van der Waals surface area contributed by atoms with Crippen molar-refractivity contribution in [2.24, 2.45) is 0 Å². The van der Waals surface area contributed by atoms with Gasteiger partial charge in [0.1, 0.15) is 11.6 Å². The van der Waals surface area contributed by atoms with E-state index in [2.05, 4.69) is 282 Å². The predicted octanol–water partition coefficient (Wildman–Crippen LogP) is 35.8. The number of H-pyrrole nitrogens is 2. The highest BCUT2D eigenvalue weighted by Gasteiger charge is 2.47. The topological polar surface area (TPSA) is 57.4 Å². The number of imidazole rings is 2. The maximum Gasteiger partial charge on any atom is 0.138 e. The van der Waals surface area contributed by atoms with Crippen LogP contribution >= 0.6 is 0 Å². The molecule has 0 fully saturated rings. The summed E-state index contributed by atoms with van der Waals surface area (Å²) in [5.41, 5.74) is 34.1. The van der Waals surface area contributed by atoms with E-state index >= 15 is 0 Å². The van der Waals surface area contributed by atoms with Crippen LogP contribution in [0, 0.1) is 0 Å². The molecule has 0 bridgehead atoms. The Morgan fingerprint density at radius 3 is 0.603 bits per heavy atom. The molecule has 2 heterocycles. The van der Waals surface area contributed by atoms with E-state index < -0.39 is 0 Å². The molecule has 4 heteroatoms. The van der Waals surface area contributed by atoms with Crippen LogP contribution in [-0.2, 0) is 16.2 Å². The van der Waals surface area contributed by atoms with E-state index in [4.69, 9.17) is 9.97 Å². The molecule has 0 spiro atoms. The molecule has 3 aliphatic carbocycles. The molecule has 0 atom stereocenters. The van der Waals surface area contributed by atoms with Gasteiger partial charge >= 0.3 is 0 Å². The van der Waals surface area contributed by atoms with Crippen molar-refractivity contribution in [3.63, 3.8) is 0 Å². The lowest BCUT2D eigenvalue weighted by Gasteiger charge is -2.34. The number of hydrogen-bond acceptors (Lipinski definition) is 2.